The summed E-state index contributed by atoms with van der Waals surface area (Å²) < 4.78 is 70.7. The molecule has 0 unspecified atom stereocenters. The second-order valence-corrected chi connectivity index (χ2v) is 13.8. The van der Waals surface area contributed by atoms with E-state index in [1.165, 1.54) is 35.2 Å². The lowest BCUT2D eigenvalue weighted by molar-refractivity contribution is -0.140. The van der Waals surface area contributed by atoms with Gasteiger partial charge in [0.05, 0.1) is 16.1 Å². The van der Waals surface area contributed by atoms with E-state index in [0.29, 0.717) is 22.4 Å². The molecule has 0 aliphatic rings. The molecular weight excluding hydrogens is 695 g/mol. The Bertz CT molecular complexity index is 1770. The van der Waals surface area contributed by atoms with Gasteiger partial charge < -0.3 is 10.2 Å². The third kappa shape index (κ3) is 9.45. The second-order valence-electron chi connectivity index (χ2n) is 11.0. The van der Waals surface area contributed by atoms with Crippen LogP contribution in [0.2, 0.25) is 0 Å². The predicted molar refractivity (Wildman–Crippen MR) is 179 cm³/mol. The van der Waals surface area contributed by atoms with Crippen LogP contribution in [-0.2, 0) is 38.8 Å². The Morgan fingerprint density at radius 2 is 1.47 bits per heavy atom. The van der Waals surface area contributed by atoms with Crippen molar-refractivity contribution in [3.63, 3.8) is 0 Å². The van der Waals surface area contributed by atoms with Crippen molar-refractivity contribution < 1.29 is 31.2 Å². The Balaban J connectivity index is 1.84. The minimum absolute atomic E-state index is 0.0779. The van der Waals surface area contributed by atoms with Crippen molar-refractivity contribution in [2.75, 3.05) is 10.8 Å². The maximum atomic E-state index is 14.5. The van der Waals surface area contributed by atoms with Gasteiger partial charge in [-0.25, -0.2) is 8.42 Å². The molecule has 1 N–H and O–H groups in total. The molecule has 0 spiro atoms. The number of amides is 2. The first-order valence-corrected chi connectivity index (χ1v) is 17.2. The maximum Gasteiger partial charge on any atom is 0.416 e. The molecule has 0 saturated carbocycles. The monoisotopic (exact) mass is 729 g/mol. The first kappa shape index (κ1) is 35.7. The number of alkyl halides is 3. The summed E-state index contributed by atoms with van der Waals surface area (Å²) in [4.78, 5) is 29.4. The average molecular weight is 731 g/mol. The van der Waals surface area contributed by atoms with Crippen LogP contribution in [0.1, 0.15) is 37.0 Å². The molecule has 0 radical (unpaired) electrons. The summed E-state index contributed by atoms with van der Waals surface area (Å²) in [5, 5.41) is 2.95. The van der Waals surface area contributed by atoms with Crippen molar-refractivity contribution >= 4 is 43.5 Å². The fraction of sp³-hybridized carbons (Fsp3) is 0.257. The van der Waals surface area contributed by atoms with E-state index in [-0.39, 0.29) is 29.6 Å². The van der Waals surface area contributed by atoms with E-state index in [9.17, 15) is 31.2 Å². The molecule has 0 bridgehead atoms. The lowest BCUT2D eigenvalue weighted by Crippen LogP contribution is -2.54. The number of anilines is 1. The molecule has 4 rings (SSSR count). The fourth-order valence-electron chi connectivity index (χ4n) is 4.91. The zero-order chi connectivity index (χ0) is 34.2. The van der Waals surface area contributed by atoms with Gasteiger partial charge in [0.2, 0.25) is 11.8 Å². The van der Waals surface area contributed by atoms with Crippen molar-refractivity contribution in [3.05, 3.63) is 130 Å². The first-order valence-electron chi connectivity index (χ1n) is 14.9. The molecule has 0 fully saturated rings. The Morgan fingerprint density at radius 1 is 0.851 bits per heavy atom. The van der Waals surface area contributed by atoms with Gasteiger partial charge in [-0.2, -0.15) is 13.2 Å². The van der Waals surface area contributed by atoms with Crippen LogP contribution < -0.4 is 9.62 Å². The van der Waals surface area contributed by atoms with Gasteiger partial charge in [-0.05, 0) is 66.9 Å². The molecule has 2 atom stereocenters. The fourth-order valence-corrected chi connectivity index (χ4v) is 6.79. The Labute approximate surface area is 281 Å². The van der Waals surface area contributed by atoms with Crippen molar-refractivity contribution in [3.8, 4) is 0 Å². The molecule has 0 aliphatic heterocycles. The average Bonchev–Trinajstić information content (AvgIpc) is 3.05. The number of carbonyl (C=O) groups excluding carboxylic acids is 2. The molecule has 248 valence electrons. The highest BCUT2D eigenvalue weighted by Gasteiger charge is 2.36. The summed E-state index contributed by atoms with van der Waals surface area (Å²) in [5.41, 5.74) is -0.00571. The summed E-state index contributed by atoms with van der Waals surface area (Å²) in [6, 6.07) is 25.9. The Hall–Kier alpha value is -4.16. The SMILES string of the molecule is CC[C@@H](C)NC(=O)[C@@H](Cc1ccccc1)N(Cc1cccc(Br)c1)C(=O)CN(c1cccc(C(F)(F)F)c1)S(=O)(=O)c1ccccc1. The van der Waals surface area contributed by atoms with Crippen LogP contribution in [0.5, 0.6) is 0 Å². The van der Waals surface area contributed by atoms with Crippen molar-refractivity contribution in [1.29, 1.82) is 0 Å². The topological polar surface area (TPSA) is 86.8 Å². The summed E-state index contributed by atoms with van der Waals surface area (Å²) in [6.07, 6.45) is -4.02. The number of nitrogens with one attached hydrogen (secondary N) is 1. The predicted octanol–water partition coefficient (Wildman–Crippen LogP) is 7.22. The van der Waals surface area contributed by atoms with E-state index < -0.39 is 46.2 Å². The normalized spacial score (nSPS) is 13.0. The number of carbonyl (C=O) groups is 2. The van der Waals surface area contributed by atoms with E-state index >= 15 is 0 Å². The summed E-state index contributed by atoms with van der Waals surface area (Å²) in [5.74, 6) is -1.22. The number of benzene rings is 4. The molecule has 4 aromatic rings. The summed E-state index contributed by atoms with van der Waals surface area (Å²) in [7, 11) is -4.54. The lowest BCUT2D eigenvalue weighted by Gasteiger charge is -2.34. The van der Waals surface area contributed by atoms with Crippen LogP contribution in [0, 0.1) is 0 Å². The van der Waals surface area contributed by atoms with Gasteiger partial charge in [0.15, 0.2) is 0 Å². The Morgan fingerprint density at radius 3 is 2.09 bits per heavy atom. The van der Waals surface area contributed by atoms with Gasteiger partial charge in [-0.3, -0.25) is 13.9 Å². The smallest absolute Gasteiger partial charge is 0.352 e. The molecule has 2 amide bonds. The van der Waals surface area contributed by atoms with Crippen molar-refractivity contribution in [1.82, 2.24) is 10.2 Å². The highest BCUT2D eigenvalue weighted by Crippen LogP contribution is 2.33. The van der Waals surface area contributed by atoms with Crippen molar-refractivity contribution in [2.45, 2.75) is 56.4 Å². The first-order chi connectivity index (χ1) is 22.3. The van der Waals surface area contributed by atoms with Gasteiger partial charge in [0.1, 0.15) is 12.6 Å². The molecule has 0 heterocycles. The summed E-state index contributed by atoms with van der Waals surface area (Å²) >= 11 is 3.43. The molecule has 12 heteroatoms. The number of halogens is 4. The second kappa shape index (κ2) is 15.6. The van der Waals surface area contributed by atoms with Gasteiger partial charge >= 0.3 is 6.18 Å². The van der Waals surface area contributed by atoms with Crippen LogP contribution in [0.3, 0.4) is 0 Å². The quantitative estimate of drug-likeness (QED) is 0.158. The zero-order valence-electron chi connectivity index (χ0n) is 25.8. The van der Waals surface area contributed by atoms with Crippen LogP contribution in [0.25, 0.3) is 0 Å². The number of nitrogens with zero attached hydrogens (tertiary/aromatic N) is 2. The maximum absolute atomic E-state index is 14.5. The molecule has 0 aromatic heterocycles. The zero-order valence-corrected chi connectivity index (χ0v) is 28.2. The van der Waals surface area contributed by atoms with E-state index in [1.807, 2.05) is 32.0 Å². The van der Waals surface area contributed by atoms with Gasteiger partial charge in [-0.15, -0.1) is 0 Å². The minimum Gasteiger partial charge on any atom is -0.352 e. The molecule has 47 heavy (non-hydrogen) atoms. The number of hydrogen-bond acceptors (Lipinski definition) is 4. The molecular formula is C35H35BrF3N3O4S. The largest absolute Gasteiger partial charge is 0.416 e. The third-order valence-electron chi connectivity index (χ3n) is 7.59. The van der Waals surface area contributed by atoms with E-state index in [2.05, 4.69) is 21.2 Å². The number of hydrogen-bond donors (Lipinski definition) is 1. The van der Waals surface area contributed by atoms with Crippen molar-refractivity contribution in [2.24, 2.45) is 0 Å². The molecule has 0 aliphatic carbocycles. The molecule has 7 nitrogen and oxygen atoms in total. The lowest BCUT2D eigenvalue weighted by atomic mass is 10.0. The van der Waals surface area contributed by atoms with Crippen LogP contribution in [0.4, 0.5) is 18.9 Å². The van der Waals surface area contributed by atoms with Gasteiger partial charge in [-0.1, -0.05) is 89.6 Å². The van der Waals surface area contributed by atoms with Gasteiger partial charge in [0, 0.05) is 23.5 Å². The number of rotatable bonds is 13. The van der Waals surface area contributed by atoms with Crippen LogP contribution in [0.15, 0.2) is 119 Å². The van der Waals surface area contributed by atoms with Crippen LogP contribution in [-0.4, -0.2) is 43.8 Å². The van der Waals surface area contributed by atoms with E-state index in [4.69, 9.17) is 0 Å². The third-order valence-corrected chi connectivity index (χ3v) is 9.87. The van der Waals surface area contributed by atoms with Crippen LogP contribution >= 0.6 is 15.9 Å². The number of sulfonamides is 1. The highest BCUT2D eigenvalue weighted by molar-refractivity contribution is 9.10. The standard InChI is InChI=1S/C35H35BrF3N3O4S/c1-3-25(2)40-34(44)32(21-26-12-6-4-7-13-26)41(23-27-14-10-16-29(36)20-27)33(43)24-42(47(45,46)31-18-8-5-9-19-31)30-17-11-15-28(22-30)35(37,38)39/h4-20,22,25,32H,3,21,23-24H2,1-2H3,(H,40,44)/t25-,32-/m1/s1. The van der Waals surface area contributed by atoms with E-state index in [0.717, 1.165) is 22.2 Å². The minimum atomic E-state index is -4.76. The molecule has 4 aromatic carbocycles. The molecule has 0 saturated heterocycles. The van der Waals surface area contributed by atoms with Gasteiger partial charge in [0.25, 0.3) is 10.0 Å². The highest BCUT2D eigenvalue weighted by atomic mass is 79.9. The van der Waals surface area contributed by atoms with E-state index in [1.54, 1.807) is 42.5 Å². The summed E-state index contributed by atoms with van der Waals surface area (Å²) in [6.45, 7) is 2.79. The Kier molecular flexibility index (Phi) is 11.9.